The van der Waals surface area contributed by atoms with Crippen LogP contribution in [0.25, 0.3) is 11.3 Å². The number of hydrogen-bond donors (Lipinski definition) is 1. The van der Waals surface area contributed by atoms with Crippen LogP contribution in [-0.2, 0) is 11.3 Å². The van der Waals surface area contributed by atoms with Crippen molar-refractivity contribution < 1.29 is 14.0 Å². The van der Waals surface area contributed by atoms with Gasteiger partial charge in [-0.3, -0.25) is 9.69 Å². The van der Waals surface area contributed by atoms with Gasteiger partial charge in [-0.2, -0.15) is 0 Å². The van der Waals surface area contributed by atoms with Crippen molar-refractivity contribution in [3.63, 3.8) is 0 Å². The highest BCUT2D eigenvalue weighted by molar-refractivity contribution is 6.04. The number of rotatable bonds is 6. The zero-order valence-corrected chi connectivity index (χ0v) is 13.0. The molecule has 0 spiro atoms. The van der Waals surface area contributed by atoms with E-state index in [-0.39, 0.29) is 18.5 Å². The van der Waals surface area contributed by atoms with Gasteiger partial charge in [0.25, 0.3) is 5.91 Å². The number of hydrogen-bond acceptors (Lipinski definition) is 4. The number of carbonyl (C=O) groups is 2. The molecule has 3 amide bonds. The fourth-order valence-corrected chi connectivity index (χ4v) is 2.69. The van der Waals surface area contributed by atoms with Crippen LogP contribution in [0.4, 0.5) is 4.79 Å². The molecule has 6 heteroatoms. The zero-order valence-electron chi connectivity index (χ0n) is 13.0. The van der Waals surface area contributed by atoms with Crippen molar-refractivity contribution in [2.45, 2.75) is 38.8 Å². The predicted octanol–water partition coefficient (Wildman–Crippen LogP) is 2.95. The first-order valence-corrected chi connectivity index (χ1v) is 7.80. The van der Waals surface area contributed by atoms with E-state index >= 15 is 0 Å². The molecule has 6 nitrogen and oxygen atoms in total. The van der Waals surface area contributed by atoms with Crippen molar-refractivity contribution in [3.05, 3.63) is 42.4 Å². The number of amides is 3. The van der Waals surface area contributed by atoms with Gasteiger partial charge in [0.2, 0.25) is 0 Å². The monoisotopic (exact) mass is 313 g/mol. The maximum atomic E-state index is 12.4. The summed E-state index contributed by atoms with van der Waals surface area (Å²) in [5.74, 6) is 0.397. The Balaban J connectivity index is 1.77. The number of imide groups is 1. The third kappa shape index (κ3) is 3.11. The highest BCUT2D eigenvalue weighted by Gasteiger charge is 2.38. The molecule has 1 saturated heterocycles. The number of oxazole rings is 1. The van der Waals surface area contributed by atoms with Gasteiger partial charge in [-0.15, -0.1) is 0 Å². The number of aromatic nitrogens is 1. The molecule has 1 aromatic carbocycles. The van der Waals surface area contributed by atoms with Crippen LogP contribution in [-0.4, -0.2) is 27.9 Å². The standard InChI is InChI=1S/C17H19N3O3/c1-2-3-9-13-16(21)20(17(22)19-13)10-14-15(23-11-18-14)12-7-5-4-6-8-12/h4-8,11,13H,2-3,9-10H2,1H3,(H,19,22)/t13-/m1/s1. The molecule has 1 aliphatic rings. The highest BCUT2D eigenvalue weighted by atomic mass is 16.3. The van der Waals surface area contributed by atoms with Crippen LogP contribution in [0.3, 0.4) is 0 Å². The summed E-state index contributed by atoms with van der Waals surface area (Å²) in [6, 6.07) is 8.73. The van der Waals surface area contributed by atoms with E-state index in [1.807, 2.05) is 30.3 Å². The minimum atomic E-state index is -0.422. The molecule has 2 aromatic rings. The zero-order chi connectivity index (χ0) is 16.2. The number of benzene rings is 1. The summed E-state index contributed by atoms with van der Waals surface area (Å²) in [5, 5.41) is 2.74. The second kappa shape index (κ2) is 6.64. The van der Waals surface area contributed by atoms with E-state index in [1.165, 1.54) is 11.3 Å². The van der Waals surface area contributed by atoms with Gasteiger partial charge in [-0.25, -0.2) is 9.78 Å². The van der Waals surface area contributed by atoms with E-state index in [1.54, 1.807) is 0 Å². The minimum absolute atomic E-state index is 0.119. The lowest BCUT2D eigenvalue weighted by Gasteiger charge is -2.12. The van der Waals surface area contributed by atoms with E-state index in [0.29, 0.717) is 17.9 Å². The van der Waals surface area contributed by atoms with E-state index in [4.69, 9.17) is 4.42 Å². The smallest absolute Gasteiger partial charge is 0.325 e. The Morgan fingerprint density at radius 3 is 2.78 bits per heavy atom. The average molecular weight is 313 g/mol. The summed E-state index contributed by atoms with van der Waals surface area (Å²) < 4.78 is 5.44. The summed E-state index contributed by atoms with van der Waals surface area (Å²) in [4.78, 5) is 29.8. The number of nitrogens with zero attached hydrogens (tertiary/aromatic N) is 2. The van der Waals surface area contributed by atoms with Crippen LogP contribution < -0.4 is 5.32 Å². The molecule has 23 heavy (non-hydrogen) atoms. The van der Waals surface area contributed by atoms with Crippen molar-refractivity contribution in [2.24, 2.45) is 0 Å². The molecule has 0 saturated carbocycles. The molecule has 0 unspecified atom stereocenters. The Hall–Kier alpha value is -2.63. The van der Waals surface area contributed by atoms with Crippen LogP contribution in [0.5, 0.6) is 0 Å². The van der Waals surface area contributed by atoms with E-state index in [9.17, 15) is 9.59 Å². The molecule has 1 atom stereocenters. The first-order chi connectivity index (χ1) is 11.2. The molecule has 1 aliphatic heterocycles. The van der Waals surface area contributed by atoms with E-state index in [2.05, 4.69) is 17.2 Å². The van der Waals surface area contributed by atoms with Crippen molar-refractivity contribution in [3.8, 4) is 11.3 Å². The molecule has 1 N–H and O–H groups in total. The first kappa shape index (κ1) is 15.3. The quantitative estimate of drug-likeness (QED) is 0.832. The minimum Gasteiger partial charge on any atom is -0.443 e. The summed E-state index contributed by atoms with van der Waals surface area (Å²) in [6.07, 6.45) is 3.90. The molecule has 3 rings (SSSR count). The van der Waals surface area contributed by atoms with Gasteiger partial charge in [-0.05, 0) is 6.42 Å². The summed E-state index contributed by atoms with van der Waals surface area (Å²) >= 11 is 0. The maximum Gasteiger partial charge on any atom is 0.325 e. The van der Waals surface area contributed by atoms with Gasteiger partial charge in [0.15, 0.2) is 12.2 Å². The van der Waals surface area contributed by atoms with Gasteiger partial charge in [0.05, 0.1) is 6.54 Å². The predicted molar refractivity (Wildman–Crippen MR) is 84.3 cm³/mol. The lowest BCUT2D eigenvalue weighted by molar-refractivity contribution is -0.128. The molecule has 0 bridgehead atoms. The van der Waals surface area contributed by atoms with E-state index in [0.717, 1.165) is 18.4 Å². The van der Waals surface area contributed by atoms with Crippen LogP contribution in [0, 0.1) is 0 Å². The summed E-state index contributed by atoms with van der Waals surface area (Å²) in [6.45, 7) is 2.18. The van der Waals surface area contributed by atoms with Crippen LogP contribution >= 0.6 is 0 Å². The van der Waals surface area contributed by atoms with Gasteiger partial charge in [0, 0.05) is 5.56 Å². The fourth-order valence-electron chi connectivity index (χ4n) is 2.69. The Morgan fingerprint density at radius 2 is 2.04 bits per heavy atom. The fraction of sp³-hybridized carbons (Fsp3) is 0.353. The topological polar surface area (TPSA) is 75.4 Å². The van der Waals surface area contributed by atoms with Gasteiger partial charge in [-0.1, -0.05) is 50.1 Å². The van der Waals surface area contributed by atoms with Gasteiger partial charge < -0.3 is 9.73 Å². The average Bonchev–Trinajstić information content (AvgIpc) is 3.14. The SMILES string of the molecule is CCCC[C@H]1NC(=O)N(Cc2ncoc2-c2ccccc2)C1=O. The van der Waals surface area contributed by atoms with Crippen molar-refractivity contribution in [1.82, 2.24) is 15.2 Å². The Bertz CT molecular complexity index is 696. The first-order valence-electron chi connectivity index (χ1n) is 7.80. The lowest BCUT2D eigenvalue weighted by atomic mass is 10.1. The maximum absolute atomic E-state index is 12.4. The third-order valence-electron chi connectivity index (χ3n) is 3.94. The summed E-state index contributed by atoms with van der Waals surface area (Å²) in [7, 11) is 0. The highest BCUT2D eigenvalue weighted by Crippen LogP contribution is 2.25. The normalized spacial score (nSPS) is 17.6. The lowest BCUT2D eigenvalue weighted by Crippen LogP contribution is -2.31. The van der Waals surface area contributed by atoms with E-state index < -0.39 is 6.04 Å². The molecule has 1 fully saturated rings. The second-order valence-corrected chi connectivity index (χ2v) is 5.56. The third-order valence-corrected chi connectivity index (χ3v) is 3.94. The largest absolute Gasteiger partial charge is 0.443 e. The van der Waals surface area contributed by atoms with Gasteiger partial charge >= 0.3 is 6.03 Å². The van der Waals surface area contributed by atoms with Crippen molar-refractivity contribution in [2.75, 3.05) is 0 Å². The molecule has 0 radical (unpaired) electrons. The van der Waals surface area contributed by atoms with Crippen LogP contribution in [0.15, 0.2) is 41.1 Å². The van der Waals surface area contributed by atoms with Gasteiger partial charge in [0.1, 0.15) is 11.7 Å². The van der Waals surface area contributed by atoms with Crippen molar-refractivity contribution in [1.29, 1.82) is 0 Å². The Morgan fingerprint density at radius 1 is 1.26 bits per heavy atom. The number of nitrogens with one attached hydrogen (secondary N) is 1. The summed E-state index contributed by atoms with van der Waals surface area (Å²) in [5.41, 5.74) is 1.45. The Labute approximate surface area is 134 Å². The van der Waals surface area contributed by atoms with Crippen LogP contribution in [0.2, 0.25) is 0 Å². The molecular weight excluding hydrogens is 294 g/mol. The second-order valence-electron chi connectivity index (χ2n) is 5.56. The Kier molecular flexibility index (Phi) is 4.41. The number of unbranched alkanes of at least 4 members (excludes halogenated alkanes) is 1. The molecule has 120 valence electrons. The molecule has 0 aliphatic carbocycles. The number of carbonyl (C=O) groups excluding carboxylic acids is 2. The molecule has 2 heterocycles. The molecular formula is C17H19N3O3. The number of urea groups is 1. The molecule has 1 aromatic heterocycles. The van der Waals surface area contributed by atoms with Crippen molar-refractivity contribution >= 4 is 11.9 Å². The van der Waals surface area contributed by atoms with Crippen LogP contribution in [0.1, 0.15) is 31.9 Å².